The van der Waals surface area contributed by atoms with Gasteiger partial charge in [-0.1, -0.05) is 19.1 Å². The minimum atomic E-state index is -0.988. The van der Waals surface area contributed by atoms with Crippen LogP contribution in [0.25, 0.3) is 0 Å². The van der Waals surface area contributed by atoms with Gasteiger partial charge in [0, 0.05) is 6.54 Å². The molecule has 1 atom stereocenters. The van der Waals surface area contributed by atoms with Gasteiger partial charge in [-0.25, -0.2) is 0 Å². The smallest absolute Gasteiger partial charge is 0.321 e. The van der Waals surface area contributed by atoms with E-state index in [-0.39, 0.29) is 6.54 Å². The Kier molecular flexibility index (Phi) is 6.32. The second-order valence-electron chi connectivity index (χ2n) is 4.40. The lowest BCUT2D eigenvalue weighted by atomic mass is 10.1. The highest BCUT2D eigenvalue weighted by Gasteiger charge is 2.10. The molecule has 0 fully saturated rings. The van der Waals surface area contributed by atoms with E-state index >= 15 is 0 Å². The van der Waals surface area contributed by atoms with Gasteiger partial charge in [0.05, 0.1) is 7.11 Å². The van der Waals surface area contributed by atoms with Crippen molar-refractivity contribution in [1.82, 2.24) is 5.32 Å². The Morgan fingerprint density at radius 1 is 1.53 bits per heavy atom. The van der Waals surface area contributed by atoms with Crippen LogP contribution in [0.1, 0.15) is 18.1 Å². The molecule has 0 aliphatic carbocycles. The lowest BCUT2D eigenvalue weighted by molar-refractivity contribution is -0.138. The highest BCUT2D eigenvalue weighted by molar-refractivity contribution is 5.73. The van der Waals surface area contributed by atoms with Gasteiger partial charge in [-0.05, 0) is 36.6 Å². The van der Waals surface area contributed by atoms with Gasteiger partial charge in [-0.2, -0.15) is 0 Å². The SMILES string of the molecule is CCc1ccc(OC)c(CCNCC(N)C(=O)O)c1. The maximum absolute atomic E-state index is 10.6. The normalized spacial score (nSPS) is 12.2. The standard InChI is InChI=1S/C14H22N2O3/c1-3-10-4-5-13(19-2)11(8-10)6-7-16-9-12(15)14(17)18/h4-5,8,12,16H,3,6-7,9,15H2,1-2H3,(H,17,18). The third-order valence-corrected chi connectivity index (χ3v) is 3.01. The molecule has 1 rings (SSSR count). The first-order chi connectivity index (χ1) is 9.08. The summed E-state index contributed by atoms with van der Waals surface area (Å²) in [5.41, 5.74) is 7.80. The van der Waals surface area contributed by atoms with Crippen molar-refractivity contribution in [3.63, 3.8) is 0 Å². The van der Waals surface area contributed by atoms with E-state index < -0.39 is 12.0 Å². The van der Waals surface area contributed by atoms with E-state index in [9.17, 15) is 4.79 Å². The Balaban J connectivity index is 2.50. The fraction of sp³-hybridized carbons (Fsp3) is 0.500. The molecule has 0 aromatic heterocycles. The zero-order chi connectivity index (χ0) is 14.3. The fourth-order valence-corrected chi connectivity index (χ4v) is 1.82. The largest absolute Gasteiger partial charge is 0.496 e. The molecule has 0 saturated carbocycles. The predicted molar refractivity (Wildman–Crippen MR) is 74.6 cm³/mol. The van der Waals surface area contributed by atoms with Crippen LogP contribution in [0.2, 0.25) is 0 Å². The maximum atomic E-state index is 10.6. The van der Waals surface area contributed by atoms with Crippen molar-refractivity contribution in [1.29, 1.82) is 0 Å². The number of carboxylic acid groups (broad SMARTS) is 1. The van der Waals surface area contributed by atoms with Gasteiger partial charge in [-0.3, -0.25) is 4.79 Å². The molecule has 19 heavy (non-hydrogen) atoms. The predicted octanol–water partition coefficient (Wildman–Crippen LogP) is 0.802. The van der Waals surface area contributed by atoms with Gasteiger partial charge in [-0.15, -0.1) is 0 Å². The molecule has 0 amide bonds. The molecule has 0 radical (unpaired) electrons. The van der Waals surface area contributed by atoms with E-state index in [1.807, 2.05) is 6.07 Å². The first-order valence-corrected chi connectivity index (χ1v) is 6.43. The Morgan fingerprint density at radius 2 is 2.26 bits per heavy atom. The second-order valence-corrected chi connectivity index (χ2v) is 4.40. The number of ether oxygens (including phenoxy) is 1. The summed E-state index contributed by atoms with van der Waals surface area (Å²) in [4.78, 5) is 10.6. The first-order valence-electron chi connectivity index (χ1n) is 6.43. The van der Waals surface area contributed by atoms with E-state index in [1.165, 1.54) is 5.56 Å². The number of benzene rings is 1. The van der Waals surface area contributed by atoms with Crippen LogP contribution >= 0.6 is 0 Å². The van der Waals surface area contributed by atoms with Crippen LogP contribution in [-0.4, -0.2) is 37.3 Å². The molecule has 1 unspecified atom stereocenters. The average molecular weight is 266 g/mol. The van der Waals surface area contributed by atoms with E-state index in [4.69, 9.17) is 15.6 Å². The summed E-state index contributed by atoms with van der Waals surface area (Å²) < 4.78 is 5.31. The van der Waals surface area contributed by atoms with Gasteiger partial charge in [0.2, 0.25) is 0 Å². The zero-order valence-electron chi connectivity index (χ0n) is 11.5. The Bertz CT molecular complexity index is 421. The van der Waals surface area contributed by atoms with Crippen LogP contribution in [0.4, 0.5) is 0 Å². The first kappa shape index (κ1) is 15.5. The molecular weight excluding hydrogens is 244 g/mol. The molecule has 0 spiro atoms. The van der Waals surface area contributed by atoms with Crippen LogP contribution in [-0.2, 0) is 17.6 Å². The van der Waals surface area contributed by atoms with Crippen molar-refractivity contribution < 1.29 is 14.6 Å². The average Bonchev–Trinajstić information content (AvgIpc) is 2.42. The number of rotatable bonds is 8. The molecule has 1 aromatic rings. The minimum absolute atomic E-state index is 0.269. The van der Waals surface area contributed by atoms with Gasteiger partial charge >= 0.3 is 5.97 Å². The number of nitrogens with two attached hydrogens (primary N) is 1. The van der Waals surface area contributed by atoms with Crippen LogP contribution in [0.3, 0.4) is 0 Å². The molecule has 0 bridgehead atoms. The lowest BCUT2D eigenvalue weighted by Crippen LogP contribution is -2.40. The summed E-state index contributed by atoms with van der Waals surface area (Å²) in [6.07, 6.45) is 1.76. The monoisotopic (exact) mass is 266 g/mol. The van der Waals surface area contributed by atoms with Crippen molar-refractivity contribution in [2.75, 3.05) is 20.2 Å². The van der Waals surface area contributed by atoms with Gasteiger partial charge in [0.25, 0.3) is 0 Å². The summed E-state index contributed by atoms with van der Waals surface area (Å²) in [7, 11) is 1.65. The molecule has 5 nitrogen and oxygen atoms in total. The Morgan fingerprint density at radius 3 is 2.84 bits per heavy atom. The number of hydrogen-bond donors (Lipinski definition) is 3. The molecule has 0 aliphatic heterocycles. The molecule has 5 heteroatoms. The summed E-state index contributed by atoms with van der Waals surface area (Å²) >= 11 is 0. The third kappa shape index (κ3) is 4.89. The van der Waals surface area contributed by atoms with E-state index in [0.717, 1.165) is 24.2 Å². The van der Waals surface area contributed by atoms with Crippen LogP contribution in [0.15, 0.2) is 18.2 Å². The van der Waals surface area contributed by atoms with Crippen molar-refractivity contribution in [2.24, 2.45) is 5.73 Å². The van der Waals surface area contributed by atoms with Crippen molar-refractivity contribution in [3.8, 4) is 5.75 Å². The summed E-state index contributed by atoms with van der Waals surface area (Å²) in [5.74, 6) is -0.125. The van der Waals surface area contributed by atoms with E-state index in [0.29, 0.717) is 6.54 Å². The number of nitrogens with one attached hydrogen (secondary N) is 1. The molecule has 0 saturated heterocycles. The van der Waals surface area contributed by atoms with Crippen LogP contribution in [0.5, 0.6) is 5.75 Å². The van der Waals surface area contributed by atoms with E-state index in [1.54, 1.807) is 7.11 Å². The third-order valence-electron chi connectivity index (χ3n) is 3.01. The summed E-state index contributed by atoms with van der Waals surface area (Å²) in [6.45, 7) is 3.05. The Labute approximate surface area is 113 Å². The van der Waals surface area contributed by atoms with Gasteiger partial charge in [0.1, 0.15) is 11.8 Å². The molecular formula is C14H22N2O3. The quantitative estimate of drug-likeness (QED) is 0.606. The highest BCUT2D eigenvalue weighted by Crippen LogP contribution is 2.20. The van der Waals surface area contributed by atoms with Crippen molar-refractivity contribution in [2.45, 2.75) is 25.8 Å². The topological polar surface area (TPSA) is 84.6 Å². The van der Waals surface area contributed by atoms with Gasteiger partial charge < -0.3 is 20.9 Å². The van der Waals surface area contributed by atoms with Crippen molar-refractivity contribution >= 4 is 5.97 Å². The molecule has 1 aromatic carbocycles. The lowest BCUT2D eigenvalue weighted by Gasteiger charge is -2.12. The minimum Gasteiger partial charge on any atom is -0.496 e. The number of methoxy groups -OCH3 is 1. The summed E-state index contributed by atoms with van der Waals surface area (Å²) in [5, 5.41) is 11.7. The zero-order valence-corrected chi connectivity index (χ0v) is 11.5. The van der Waals surface area contributed by atoms with Crippen LogP contribution in [0, 0.1) is 0 Å². The number of aryl methyl sites for hydroxylation is 1. The van der Waals surface area contributed by atoms with Crippen molar-refractivity contribution in [3.05, 3.63) is 29.3 Å². The summed E-state index contributed by atoms with van der Waals surface area (Å²) in [6, 6.07) is 5.29. The number of aliphatic carboxylic acids is 1. The Hall–Kier alpha value is -1.59. The molecule has 106 valence electrons. The van der Waals surface area contributed by atoms with Crippen LogP contribution < -0.4 is 15.8 Å². The molecule has 0 heterocycles. The second kappa shape index (κ2) is 7.76. The number of carbonyl (C=O) groups is 1. The highest BCUT2D eigenvalue weighted by atomic mass is 16.5. The van der Waals surface area contributed by atoms with E-state index in [2.05, 4.69) is 24.4 Å². The maximum Gasteiger partial charge on any atom is 0.321 e. The molecule has 0 aliphatic rings. The van der Waals surface area contributed by atoms with Gasteiger partial charge in [0.15, 0.2) is 0 Å². The number of hydrogen-bond acceptors (Lipinski definition) is 4. The molecule has 4 N–H and O–H groups in total. The fourth-order valence-electron chi connectivity index (χ4n) is 1.82. The number of carboxylic acids is 1.